The van der Waals surface area contributed by atoms with Crippen molar-refractivity contribution in [1.29, 1.82) is 0 Å². The van der Waals surface area contributed by atoms with Gasteiger partial charge in [0, 0.05) is 40.4 Å². The largest absolute Gasteiger partial charge is 0.474 e. The highest BCUT2D eigenvalue weighted by Gasteiger charge is 2.31. The number of aromatic amines is 1. The number of nitrogens with zero attached hydrogens (tertiary/aromatic N) is 1. The Labute approximate surface area is 181 Å². The fraction of sp³-hybridized carbons (Fsp3) is 0.333. The molecule has 3 aromatic rings. The number of nitrogens with one attached hydrogen (secondary N) is 3. The van der Waals surface area contributed by atoms with Crippen LogP contribution in [0.15, 0.2) is 42.7 Å². The number of hydrogen-bond donors (Lipinski definition) is 3. The van der Waals surface area contributed by atoms with Crippen molar-refractivity contribution in [3.05, 3.63) is 53.3 Å². The zero-order chi connectivity index (χ0) is 22.0. The summed E-state index contributed by atoms with van der Waals surface area (Å²) in [5.41, 5.74) is 0.700. The van der Waals surface area contributed by atoms with E-state index in [0.717, 1.165) is 23.2 Å². The molecule has 1 aromatic carbocycles. The molecule has 0 atom stereocenters. The van der Waals surface area contributed by atoms with Crippen LogP contribution in [0.5, 0.6) is 5.88 Å². The van der Waals surface area contributed by atoms with E-state index in [-0.39, 0.29) is 24.1 Å². The molecule has 1 aliphatic carbocycles. The van der Waals surface area contributed by atoms with Gasteiger partial charge in [0.1, 0.15) is 6.10 Å². The molecule has 2 amide bonds. The fourth-order valence-corrected chi connectivity index (χ4v) is 3.83. The lowest BCUT2D eigenvalue weighted by Gasteiger charge is -2.29. The van der Waals surface area contributed by atoms with Crippen molar-refractivity contribution in [2.75, 3.05) is 5.32 Å². The third kappa shape index (κ3) is 5.22. The first-order chi connectivity index (χ1) is 14.8. The lowest BCUT2D eigenvalue weighted by atomic mass is 9.93. The third-order valence-electron chi connectivity index (χ3n) is 5.25. The summed E-state index contributed by atoms with van der Waals surface area (Å²) in [6.07, 6.45) is 0.618. The summed E-state index contributed by atoms with van der Waals surface area (Å²) < 4.78 is 43.5. The molecule has 0 aliphatic heterocycles. The number of anilines is 1. The fourth-order valence-electron chi connectivity index (χ4n) is 3.65. The first kappa shape index (κ1) is 21.3. The van der Waals surface area contributed by atoms with Gasteiger partial charge in [-0.25, -0.2) is 9.78 Å². The molecule has 31 heavy (non-hydrogen) atoms. The molecule has 10 heteroatoms. The van der Waals surface area contributed by atoms with Gasteiger partial charge in [-0.15, -0.1) is 0 Å². The summed E-state index contributed by atoms with van der Waals surface area (Å²) >= 11 is 6.03. The number of alkyl halides is 3. The second-order valence-corrected chi connectivity index (χ2v) is 7.90. The van der Waals surface area contributed by atoms with Crippen LogP contribution in [0.1, 0.15) is 31.2 Å². The minimum absolute atomic E-state index is 0.0193. The molecule has 1 fully saturated rings. The second kappa shape index (κ2) is 8.66. The van der Waals surface area contributed by atoms with Gasteiger partial charge in [-0.05, 0) is 49.9 Å². The number of H-pyrrole nitrogens is 1. The van der Waals surface area contributed by atoms with Gasteiger partial charge in [-0.3, -0.25) is 0 Å². The number of urea groups is 1. The monoisotopic (exact) mass is 452 g/mol. The van der Waals surface area contributed by atoms with Crippen molar-refractivity contribution in [1.82, 2.24) is 15.3 Å². The summed E-state index contributed by atoms with van der Waals surface area (Å²) in [6, 6.07) is 7.24. The van der Waals surface area contributed by atoms with Crippen LogP contribution < -0.4 is 15.4 Å². The molecule has 1 saturated carbocycles. The van der Waals surface area contributed by atoms with Crippen LogP contribution in [0, 0.1) is 0 Å². The third-order valence-corrected chi connectivity index (χ3v) is 5.49. The highest BCUT2D eigenvalue weighted by molar-refractivity contribution is 6.31. The average molecular weight is 453 g/mol. The second-order valence-electron chi connectivity index (χ2n) is 7.47. The number of fused-ring (bicyclic) bond motifs is 1. The van der Waals surface area contributed by atoms with Crippen LogP contribution in [0.2, 0.25) is 5.02 Å². The van der Waals surface area contributed by atoms with E-state index >= 15 is 0 Å². The molecule has 2 aromatic heterocycles. The van der Waals surface area contributed by atoms with Gasteiger partial charge in [0.2, 0.25) is 5.88 Å². The Balaban J connectivity index is 1.26. The van der Waals surface area contributed by atoms with E-state index in [2.05, 4.69) is 20.6 Å². The molecule has 1 aliphatic rings. The Morgan fingerprint density at radius 3 is 2.61 bits per heavy atom. The standard InChI is InChI=1S/C21H20ClF3N4O2/c22-13-2-7-17-16(9-13)18(11-26-17)29-20(30)28-14-3-5-15(6-4-14)31-19-8-1-12(10-27-19)21(23,24)25/h1-2,7-11,14-15,26H,3-6H2,(H2,28,29,30). The van der Waals surface area contributed by atoms with E-state index in [4.69, 9.17) is 16.3 Å². The predicted octanol–water partition coefficient (Wildman–Crippen LogP) is 5.75. The highest BCUT2D eigenvalue weighted by Crippen LogP contribution is 2.30. The van der Waals surface area contributed by atoms with Crippen molar-refractivity contribution in [3.63, 3.8) is 0 Å². The first-order valence-electron chi connectivity index (χ1n) is 9.82. The van der Waals surface area contributed by atoms with Crippen LogP contribution in [-0.4, -0.2) is 28.1 Å². The Kier molecular flexibility index (Phi) is 5.95. The summed E-state index contributed by atoms with van der Waals surface area (Å²) in [5, 5.41) is 7.19. The number of amides is 2. The lowest BCUT2D eigenvalue weighted by Crippen LogP contribution is -2.41. The minimum atomic E-state index is -4.42. The smallest absolute Gasteiger partial charge is 0.417 e. The first-order valence-corrected chi connectivity index (χ1v) is 10.2. The van der Waals surface area contributed by atoms with Gasteiger partial charge in [0.05, 0.1) is 11.3 Å². The van der Waals surface area contributed by atoms with Crippen molar-refractivity contribution >= 4 is 34.2 Å². The summed E-state index contributed by atoms with van der Waals surface area (Å²) in [5.74, 6) is 0.167. The molecule has 164 valence electrons. The molecular weight excluding hydrogens is 433 g/mol. The quantitative estimate of drug-likeness (QED) is 0.471. The van der Waals surface area contributed by atoms with Crippen molar-refractivity contribution in [3.8, 4) is 5.88 Å². The van der Waals surface area contributed by atoms with E-state index in [1.807, 2.05) is 6.07 Å². The average Bonchev–Trinajstić information content (AvgIpc) is 3.11. The maximum absolute atomic E-state index is 12.6. The molecule has 6 nitrogen and oxygen atoms in total. The molecular formula is C21H20ClF3N4O2. The predicted molar refractivity (Wildman–Crippen MR) is 111 cm³/mol. The zero-order valence-electron chi connectivity index (χ0n) is 16.3. The van der Waals surface area contributed by atoms with Crippen LogP contribution in [-0.2, 0) is 6.18 Å². The SMILES string of the molecule is O=C(Nc1c[nH]c2ccc(Cl)cc12)NC1CCC(Oc2ccc(C(F)(F)F)cn2)CC1. The molecule has 0 unspecified atom stereocenters. The van der Waals surface area contributed by atoms with E-state index in [1.54, 1.807) is 18.3 Å². The number of hydrogen-bond acceptors (Lipinski definition) is 3. The van der Waals surface area contributed by atoms with Gasteiger partial charge in [0.15, 0.2) is 0 Å². The number of aromatic nitrogens is 2. The molecule has 0 radical (unpaired) electrons. The van der Waals surface area contributed by atoms with Crippen LogP contribution in [0.3, 0.4) is 0 Å². The van der Waals surface area contributed by atoms with Crippen LogP contribution in [0.25, 0.3) is 10.9 Å². The van der Waals surface area contributed by atoms with Gasteiger partial charge in [-0.2, -0.15) is 13.2 Å². The van der Waals surface area contributed by atoms with Crippen molar-refractivity contribution in [2.24, 2.45) is 0 Å². The van der Waals surface area contributed by atoms with E-state index in [9.17, 15) is 18.0 Å². The Morgan fingerprint density at radius 1 is 1.16 bits per heavy atom. The molecule has 0 bridgehead atoms. The van der Waals surface area contributed by atoms with Crippen molar-refractivity contribution < 1.29 is 22.7 Å². The van der Waals surface area contributed by atoms with Crippen LogP contribution >= 0.6 is 11.6 Å². The summed E-state index contributed by atoms with van der Waals surface area (Å²) in [6.45, 7) is 0. The maximum atomic E-state index is 12.6. The molecule has 0 saturated heterocycles. The van der Waals surface area contributed by atoms with E-state index < -0.39 is 11.7 Å². The number of pyridine rings is 1. The van der Waals surface area contributed by atoms with Crippen LogP contribution in [0.4, 0.5) is 23.7 Å². The Hall–Kier alpha value is -2.94. The number of carbonyl (C=O) groups excluding carboxylic acids is 1. The number of halogens is 4. The van der Waals surface area contributed by atoms with Gasteiger partial charge in [-0.1, -0.05) is 11.6 Å². The Bertz CT molecular complexity index is 1060. The van der Waals surface area contributed by atoms with E-state index in [0.29, 0.717) is 36.4 Å². The minimum Gasteiger partial charge on any atom is -0.474 e. The Morgan fingerprint density at radius 2 is 1.94 bits per heavy atom. The number of benzene rings is 1. The molecule has 4 rings (SSSR count). The summed E-state index contributed by atoms with van der Waals surface area (Å²) in [4.78, 5) is 19.2. The topological polar surface area (TPSA) is 79.0 Å². The highest BCUT2D eigenvalue weighted by atomic mass is 35.5. The normalized spacial score (nSPS) is 19.2. The van der Waals surface area contributed by atoms with Gasteiger partial charge >= 0.3 is 12.2 Å². The zero-order valence-corrected chi connectivity index (χ0v) is 17.1. The number of ether oxygens (including phenoxy) is 1. The summed E-state index contributed by atoms with van der Waals surface area (Å²) in [7, 11) is 0. The molecule has 2 heterocycles. The molecule has 3 N–H and O–H groups in total. The van der Waals surface area contributed by atoms with E-state index in [1.165, 1.54) is 6.07 Å². The number of rotatable bonds is 4. The van der Waals surface area contributed by atoms with Crippen molar-refractivity contribution in [2.45, 2.75) is 44.0 Å². The number of carbonyl (C=O) groups is 1. The lowest BCUT2D eigenvalue weighted by molar-refractivity contribution is -0.137. The maximum Gasteiger partial charge on any atom is 0.417 e. The van der Waals surface area contributed by atoms with Gasteiger partial charge in [0.25, 0.3) is 0 Å². The van der Waals surface area contributed by atoms with Gasteiger partial charge < -0.3 is 20.4 Å². The molecule has 0 spiro atoms.